The van der Waals surface area contributed by atoms with Gasteiger partial charge in [-0.05, 0) is 31.1 Å². The van der Waals surface area contributed by atoms with Crippen LogP contribution in [0.3, 0.4) is 0 Å². The van der Waals surface area contributed by atoms with E-state index in [2.05, 4.69) is 11.9 Å². The predicted molar refractivity (Wildman–Crippen MR) is 110 cm³/mol. The third-order valence-corrected chi connectivity index (χ3v) is 7.80. The van der Waals surface area contributed by atoms with Gasteiger partial charge in [-0.25, -0.2) is 9.78 Å². The number of alkyl halides is 1. The largest absolute Gasteiger partial charge is 0.476 e. The van der Waals surface area contributed by atoms with Crippen LogP contribution in [0, 0.1) is 11.8 Å². The summed E-state index contributed by atoms with van der Waals surface area (Å²) in [5, 5.41) is 20.9. The number of aliphatic hydroxyl groups excluding tert-OH is 1. The lowest BCUT2D eigenvalue weighted by molar-refractivity contribution is 0.0690. The fraction of sp³-hybridized carbons (Fsp3) is 0.789. The maximum absolute atomic E-state index is 10.9. The summed E-state index contributed by atoms with van der Waals surface area (Å²) < 4.78 is 0.791. The van der Waals surface area contributed by atoms with Crippen LogP contribution in [0.15, 0.2) is 9.72 Å². The highest BCUT2D eigenvalue weighted by atomic mass is 35.5. The minimum absolute atomic E-state index is 0.0431. The van der Waals surface area contributed by atoms with Gasteiger partial charge in [0.15, 0.2) is 10.0 Å². The molecule has 0 saturated heterocycles. The molecule has 4 atom stereocenters. The minimum atomic E-state index is -0.980. The van der Waals surface area contributed by atoms with E-state index in [-0.39, 0.29) is 17.2 Å². The van der Waals surface area contributed by atoms with Crippen molar-refractivity contribution in [1.29, 1.82) is 0 Å². The van der Waals surface area contributed by atoms with Gasteiger partial charge in [0.2, 0.25) is 0 Å². The van der Waals surface area contributed by atoms with Crippen molar-refractivity contribution >= 4 is 40.7 Å². The zero-order valence-corrected chi connectivity index (χ0v) is 17.8. The second kappa shape index (κ2) is 11.5. The van der Waals surface area contributed by atoms with Crippen molar-refractivity contribution < 1.29 is 15.0 Å². The van der Waals surface area contributed by atoms with Crippen LogP contribution in [-0.2, 0) is 0 Å². The Morgan fingerprint density at radius 3 is 2.69 bits per heavy atom. The molecular weight excluding hydrogens is 390 g/mol. The van der Waals surface area contributed by atoms with Gasteiger partial charge in [-0.1, -0.05) is 57.2 Å². The van der Waals surface area contributed by atoms with Crippen molar-refractivity contribution in [3.8, 4) is 0 Å². The quantitative estimate of drug-likeness (QED) is 0.259. The number of carboxylic acid groups (broad SMARTS) is 1. The van der Waals surface area contributed by atoms with Gasteiger partial charge in [0.25, 0.3) is 0 Å². The Bertz CT molecular complexity index is 555. The fourth-order valence-corrected chi connectivity index (χ4v) is 6.21. The highest BCUT2D eigenvalue weighted by Gasteiger charge is 2.40. The molecule has 2 rings (SSSR count). The Balaban J connectivity index is 1.74. The predicted octanol–water partition coefficient (Wildman–Crippen LogP) is 5.68. The summed E-state index contributed by atoms with van der Waals surface area (Å²) in [6, 6.07) is 0. The number of carboxylic acids is 1. The van der Waals surface area contributed by atoms with Crippen LogP contribution in [0.4, 0.5) is 0 Å². The van der Waals surface area contributed by atoms with Crippen LogP contribution >= 0.6 is 34.7 Å². The van der Waals surface area contributed by atoms with Crippen molar-refractivity contribution in [1.82, 2.24) is 4.98 Å². The summed E-state index contributed by atoms with van der Waals surface area (Å²) in [4.78, 5) is 15.0. The van der Waals surface area contributed by atoms with Gasteiger partial charge in [-0.3, -0.25) is 0 Å². The lowest BCUT2D eigenvalue weighted by Crippen LogP contribution is -2.21. The highest BCUT2D eigenvalue weighted by molar-refractivity contribution is 8.01. The number of halogens is 1. The molecule has 0 bridgehead atoms. The first kappa shape index (κ1) is 22.0. The Morgan fingerprint density at radius 2 is 2.00 bits per heavy atom. The molecule has 0 radical (unpaired) electrons. The molecule has 148 valence electrons. The third kappa shape index (κ3) is 6.70. The summed E-state index contributed by atoms with van der Waals surface area (Å²) >= 11 is 9.48. The van der Waals surface area contributed by atoms with Crippen LogP contribution in [0.1, 0.15) is 75.2 Å². The molecule has 1 saturated carbocycles. The molecular formula is C19H30ClNO3S2. The SMILES string of the molecule is CCCCCCCC[C@@H]1[C@@H](CCSc2nc(C(=O)O)cs2)[C@@H](Cl)C[C@H]1O. The zero-order chi connectivity index (χ0) is 18.9. The summed E-state index contributed by atoms with van der Waals surface area (Å²) in [5.74, 6) is 0.524. The molecule has 0 aromatic carbocycles. The first-order valence-corrected chi connectivity index (χ1v) is 12.0. The molecule has 0 spiro atoms. The molecule has 7 heteroatoms. The number of unbranched alkanes of at least 4 members (excludes halogenated alkanes) is 5. The number of thioether (sulfide) groups is 1. The molecule has 1 aromatic rings. The van der Waals surface area contributed by atoms with Crippen molar-refractivity contribution in [2.45, 2.75) is 80.5 Å². The number of nitrogens with zero attached hydrogens (tertiary/aromatic N) is 1. The summed E-state index contributed by atoms with van der Waals surface area (Å²) in [6.45, 7) is 2.23. The molecule has 4 nitrogen and oxygen atoms in total. The average molecular weight is 420 g/mol. The van der Waals surface area contributed by atoms with E-state index in [1.54, 1.807) is 17.1 Å². The Labute approximate surface area is 169 Å². The molecule has 26 heavy (non-hydrogen) atoms. The fourth-order valence-electron chi connectivity index (χ4n) is 3.80. The molecule has 0 aliphatic heterocycles. The number of hydrogen-bond donors (Lipinski definition) is 2. The van der Waals surface area contributed by atoms with Gasteiger partial charge in [-0.2, -0.15) is 0 Å². The number of thiazole rings is 1. The average Bonchev–Trinajstić information content (AvgIpc) is 3.17. The number of hydrogen-bond acceptors (Lipinski definition) is 5. The van der Waals surface area contributed by atoms with Gasteiger partial charge < -0.3 is 10.2 Å². The maximum Gasteiger partial charge on any atom is 0.355 e. The van der Waals surface area contributed by atoms with E-state index in [0.29, 0.717) is 18.3 Å². The zero-order valence-electron chi connectivity index (χ0n) is 15.4. The molecule has 2 N–H and O–H groups in total. The summed E-state index contributed by atoms with van der Waals surface area (Å²) in [7, 11) is 0. The van der Waals surface area contributed by atoms with E-state index in [9.17, 15) is 9.90 Å². The number of aromatic carboxylic acids is 1. The van der Waals surface area contributed by atoms with E-state index in [4.69, 9.17) is 16.7 Å². The smallest absolute Gasteiger partial charge is 0.355 e. The second-order valence-corrected chi connectivity index (χ2v) is 9.90. The minimum Gasteiger partial charge on any atom is -0.476 e. The lowest BCUT2D eigenvalue weighted by Gasteiger charge is -2.23. The Hall–Kier alpha value is -0.300. The lowest BCUT2D eigenvalue weighted by atomic mass is 9.87. The number of rotatable bonds is 12. The number of aliphatic hydroxyl groups is 1. The van der Waals surface area contributed by atoms with E-state index in [0.717, 1.165) is 22.9 Å². The standard InChI is InChI=1S/C19H30ClNO3S2/c1-2-3-4-5-6-7-8-14-13(15(20)11-17(14)22)9-10-25-19-21-16(12-26-19)18(23)24/h12-15,17,22H,2-11H2,1H3,(H,23,24)/t13-,14-,15+,17-/m1/s1. The molecule has 1 aromatic heterocycles. The molecule has 1 aliphatic carbocycles. The highest BCUT2D eigenvalue weighted by Crippen LogP contribution is 2.42. The van der Waals surface area contributed by atoms with Crippen LogP contribution < -0.4 is 0 Å². The van der Waals surface area contributed by atoms with Gasteiger partial charge in [0.1, 0.15) is 0 Å². The van der Waals surface area contributed by atoms with E-state index in [1.807, 2.05) is 0 Å². The number of aromatic nitrogens is 1. The van der Waals surface area contributed by atoms with Crippen LogP contribution in [-0.4, -0.2) is 38.4 Å². The summed E-state index contributed by atoms with van der Waals surface area (Å²) in [5.41, 5.74) is 0.116. The first-order chi connectivity index (χ1) is 12.5. The normalized spacial score (nSPS) is 25.7. The summed E-state index contributed by atoms with van der Waals surface area (Å²) in [6.07, 6.45) is 10.0. The molecule has 0 amide bonds. The van der Waals surface area contributed by atoms with Gasteiger partial charge in [-0.15, -0.1) is 22.9 Å². The molecule has 0 unspecified atom stereocenters. The van der Waals surface area contributed by atoms with Crippen LogP contribution in [0.5, 0.6) is 0 Å². The molecule has 1 heterocycles. The first-order valence-electron chi connectivity index (χ1n) is 9.66. The van der Waals surface area contributed by atoms with Crippen molar-refractivity contribution in [2.75, 3.05) is 5.75 Å². The van der Waals surface area contributed by atoms with Crippen molar-refractivity contribution in [3.05, 3.63) is 11.1 Å². The van der Waals surface area contributed by atoms with Crippen LogP contribution in [0.2, 0.25) is 0 Å². The second-order valence-electron chi connectivity index (χ2n) is 7.14. The Kier molecular flexibility index (Phi) is 9.75. The van der Waals surface area contributed by atoms with Gasteiger partial charge in [0, 0.05) is 16.5 Å². The Morgan fingerprint density at radius 1 is 1.27 bits per heavy atom. The molecule has 1 fully saturated rings. The van der Waals surface area contributed by atoms with Crippen LogP contribution in [0.25, 0.3) is 0 Å². The van der Waals surface area contributed by atoms with Gasteiger partial charge in [0.05, 0.1) is 6.10 Å². The topological polar surface area (TPSA) is 70.4 Å². The van der Waals surface area contributed by atoms with E-state index >= 15 is 0 Å². The third-order valence-electron chi connectivity index (χ3n) is 5.25. The van der Waals surface area contributed by atoms with Gasteiger partial charge >= 0.3 is 5.97 Å². The monoisotopic (exact) mass is 419 g/mol. The van der Waals surface area contributed by atoms with E-state index < -0.39 is 5.97 Å². The molecule has 1 aliphatic rings. The van der Waals surface area contributed by atoms with Crippen molar-refractivity contribution in [2.24, 2.45) is 11.8 Å². The van der Waals surface area contributed by atoms with Crippen molar-refractivity contribution in [3.63, 3.8) is 0 Å². The number of carbonyl (C=O) groups is 1. The van der Waals surface area contributed by atoms with E-state index in [1.165, 1.54) is 49.9 Å². The maximum atomic E-state index is 10.9.